The third kappa shape index (κ3) is 4.45. The summed E-state index contributed by atoms with van der Waals surface area (Å²) >= 11 is 1.73. The summed E-state index contributed by atoms with van der Waals surface area (Å²) in [5.74, 6) is 0.697. The van der Waals surface area contributed by atoms with Crippen LogP contribution in [-0.2, 0) is 25.9 Å². The normalized spacial score (nSPS) is 20.3. The van der Waals surface area contributed by atoms with Gasteiger partial charge in [0.1, 0.15) is 0 Å². The number of nitrogens with one attached hydrogen (secondary N) is 1. The van der Waals surface area contributed by atoms with Crippen molar-refractivity contribution in [3.63, 3.8) is 0 Å². The fourth-order valence-corrected chi connectivity index (χ4v) is 5.34. The zero-order valence-electron chi connectivity index (χ0n) is 16.9. The highest BCUT2D eigenvalue weighted by Gasteiger charge is 2.25. The maximum absolute atomic E-state index is 12.7. The van der Waals surface area contributed by atoms with Gasteiger partial charge in [-0.05, 0) is 56.0 Å². The molecule has 150 valence electrons. The molecule has 0 aromatic carbocycles. The number of pyridine rings is 1. The molecule has 0 aliphatic carbocycles. The molecular formula is C22H30N4OS. The Morgan fingerprint density at radius 1 is 1.36 bits per heavy atom. The van der Waals surface area contributed by atoms with Crippen molar-refractivity contribution in [1.82, 2.24) is 20.1 Å². The maximum atomic E-state index is 12.7. The first-order valence-corrected chi connectivity index (χ1v) is 11.2. The average Bonchev–Trinajstić information content (AvgIpc) is 3.32. The van der Waals surface area contributed by atoms with E-state index in [0.717, 1.165) is 63.4 Å². The smallest absolute Gasteiger partial charge is 0.252 e. The number of thiophene rings is 1. The first-order valence-electron chi connectivity index (χ1n) is 10.3. The fraction of sp³-hybridized carbons (Fsp3) is 0.545. The number of hydrogen-bond acceptors (Lipinski definition) is 5. The van der Waals surface area contributed by atoms with Crippen LogP contribution in [0.3, 0.4) is 0 Å². The van der Waals surface area contributed by atoms with Gasteiger partial charge in [-0.25, -0.2) is 0 Å². The summed E-state index contributed by atoms with van der Waals surface area (Å²) in [6.45, 7) is 7.94. The van der Waals surface area contributed by atoms with Crippen LogP contribution in [0.4, 0.5) is 0 Å². The fourth-order valence-electron chi connectivity index (χ4n) is 4.22. The summed E-state index contributed by atoms with van der Waals surface area (Å²) in [6.07, 6.45) is 5.14. The zero-order chi connectivity index (χ0) is 19.5. The van der Waals surface area contributed by atoms with Gasteiger partial charge in [-0.15, -0.1) is 11.3 Å². The van der Waals surface area contributed by atoms with E-state index < -0.39 is 0 Å². The Kier molecular flexibility index (Phi) is 6.09. The monoisotopic (exact) mass is 398 g/mol. The summed E-state index contributed by atoms with van der Waals surface area (Å²) in [5.41, 5.74) is 4.56. The van der Waals surface area contributed by atoms with Gasteiger partial charge in [-0.3, -0.25) is 14.7 Å². The van der Waals surface area contributed by atoms with E-state index in [1.165, 1.54) is 22.4 Å². The molecule has 0 saturated carbocycles. The molecule has 1 amide bonds. The molecule has 4 heterocycles. The van der Waals surface area contributed by atoms with E-state index in [0.29, 0.717) is 5.92 Å². The largest absolute Gasteiger partial charge is 0.352 e. The first-order chi connectivity index (χ1) is 13.6. The summed E-state index contributed by atoms with van der Waals surface area (Å²) in [7, 11) is 2.15. The number of amides is 1. The predicted molar refractivity (Wildman–Crippen MR) is 114 cm³/mol. The Hall–Kier alpha value is -1.76. The minimum atomic E-state index is 0.109. The van der Waals surface area contributed by atoms with Gasteiger partial charge >= 0.3 is 0 Å². The van der Waals surface area contributed by atoms with Crippen molar-refractivity contribution >= 4 is 17.2 Å². The molecule has 2 aliphatic heterocycles. The second-order valence-electron chi connectivity index (χ2n) is 8.15. The van der Waals surface area contributed by atoms with E-state index in [1.807, 2.05) is 6.20 Å². The minimum absolute atomic E-state index is 0.109. The molecule has 1 atom stereocenters. The Bertz CT molecular complexity index is 816. The molecule has 2 aromatic heterocycles. The van der Waals surface area contributed by atoms with E-state index in [1.54, 1.807) is 11.3 Å². The van der Waals surface area contributed by atoms with Crippen LogP contribution in [0.15, 0.2) is 23.7 Å². The lowest BCUT2D eigenvalue weighted by Crippen LogP contribution is -2.33. The lowest BCUT2D eigenvalue weighted by molar-refractivity contribution is 0.0946. The molecule has 1 N–H and O–H groups in total. The van der Waals surface area contributed by atoms with E-state index >= 15 is 0 Å². The van der Waals surface area contributed by atoms with Crippen molar-refractivity contribution in [3.05, 3.63) is 51.0 Å². The third-order valence-electron chi connectivity index (χ3n) is 5.99. The second kappa shape index (κ2) is 8.72. The van der Waals surface area contributed by atoms with Crippen LogP contribution in [0.5, 0.6) is 0 Å². The first kappa shape index (κ1) is 19.6. The van der Waals surface area contributed by atoms with Crippen molar-refractivity contribution in [2.24, 2.45) is 5.92 Å². The van der Waals surface area contributed by atoms with Crippen LogP contribution >= 0.6 is 11.3 Å². The molecule has 6 heteroatoms. The highest BCUT2D eigenvalue weighted by Crippen LogP contribution is 2.29. The second-order valence-corrected chi connectivity index (χ2v) is 9.11. The van der Waals surface area contributed by atoms with Gasteiger partial charge < -0.3 is 10.2 Å². The van der Waals surface area contributed by atoms with Crippen molar-refractivity contribution in [2.45, 2.75) is 39.3 Å². The number of likely N-dealkylation sites (tertiary alicyclic amines) is 1. The number of fused-ring (bicyclic) bond motifs is 1. The highest BCUT2D eigenvalue weighted by molar-refractivity contribution is 7.10. The number of carbonyl (C=O) groups excluding carboxylic acids is 1. The molecule has 2 aliphatic rings. The number of aryl methyl sites for hydroxylation is 1. The van der Waals surface area contributed by atoms with Crippen LogP contribution < -0.4 is 5.32 Å². The Morgan fingerprint density at radius 2 is 2.25 bits per heavy atom. The van der Waals surface area contributed by atoms with Crippen LogP contribution in [-0.4, -0.2) is 53.9 Å². The zero-order valence-corrected chi connectivity index (χ0v) is 17.7. The summed E-state index contributed by atoms with van der Waals surface area (Å²) in [6, 6.07) is 4.31. The third-order valence-corrected chi connectivity index (χ3v) is 7.00. The Labute approximate surface area is 171 Å². The minimum Gasteiger partial charge on any atom is -0.352 e. The van der Waals surface area contributed by atoms with Gasteiger partial charge in [0, 0.05) is 49.2 Å². The molecule has 28 heavy (non-hydrogen) atoms. The molecule has 2 aromatic rings. The quantitative estimate of drug-likeness (QED) is 0.813. The number of rotatable bonds is 6. The van der Waals surface area contributed by atoms with E-state index in [2.05, 4.69) is 51.6 Å². The highest BCUT2D eigenvalue weighted by atomic mass is 32.1. The number of nitrogens with zero attached hydrogens (tertiary/aromatic N) is 3. The lowest BCUT2D eigenvalue weighted by Gasteiger charge is -2.27. The van der Waals surface area contributed by atoms with Gasteiger partial charge in [0.2, 0.25) is 0 Å². The molecule has 0 bridgehead atoms. The topological polar surface area (TPSA) is 48.5 Å². The van der Waals surface area contributed by atoms with Crippen molar-refractivity contribution in [2.75, 3.05) is 33.2 Å². The van der Waals surface area contributed by atoms with E-state index in [9.17, 15) is 4.79 Å². The predicted octanol–water partition coefficient (Wildman–Crippen LogP) is 2.95. The van der Waals surface area contributed by atoms with Gasteiger partial charge in [0.15, 0.2) is 0 Å². The summed E-state index contributed by atoms with van der Waals surface area (Å²) in [4.78, 5) is 23.4. The molecule has 1 saturated heterocycles. The molecular weight excluding hydrogens is 368 g/mol. The molecule has 0 radical (unpaired) electrons. The molecule has 4 rings (SSSR count). The van der Waals surface area contributed by atoms with Crippen LogP contribution in [0.25, 0.3) is 0 Å². The molecule has 1 unspecified atom stereocenters. The van der Waals surface area contributed by atoms with Crippen molar-refractivity contribution in [3.8, 4) is 0 Å². The van der Waals surface area contributed by atoms with Crippen LogP contribution in [0.1, 0.15) is 45.4 Å². The van der Waals surface area contributed by atoms with Gasteiger partial charge in [0.25, 0.3) is 5.91 Å². The van der Waals surface area contributed by atoms with Crippen LogP contribution in [0, 0.1) is 5.92 Å². The summed E-state index contributed by atoms with van der Waals surface area (Å²) in [5, 5.41) is 5.23. The Balaban J connectivity index is 1.34. The van der Waals surface area contributed by atoms with Gasteiger partial charge in [-0.1, -0.05) is 13.0 Å². The van der Waals surface area contributed by atoms with E-state index in [-0.39, 0.29) is 5.91 Å². The number of carbonyl (C=O) groups is 1. The molecule has 1 fully saturated rings. The van der Waals surface area contributed by atoms with Crippen LogP contribution in [0.2, 0.25) is 0 Å². The maximum Gasteiger partial charge on any atom is 0.252 e. The van der Waals surface area contributed by atoms with Gasteiger partial charge in [-0.2, -0.15) is 0 Å². The average molecular weight is 399 g/mol. The Morgan fingerprint density at radius 3 is 2.96 bits per heavy atom. The summed E-state index contributed by atoms with van der Waals surface area (Å²) < 4.78 is 0. The number of aromatic nitrogens is 1. The van der Waals surface area contributed by atoms with Crippen molar-refractivity contribution < 1.29 is 4.79 Å². The number of hydrogen-bond donors (Lipinski definition) is 1. The standard InChI is InChI=1S/C22H30N4OS/c1-3-16-4-5-18(23-10-16)13-26-9-7-19-20(15-28-21(19)14-26)22(27)24-11-17-6-8-25(2)12-17/h4-5,10,15,17H,3,6-9,11-14H2,1-2H3,(H,24,27). The molecule has 0 spiro atoms. The van der Waals surface area contributed by atoms with E-state index in [4.69, 9.17) is 0 Å². The molecule has 5 nitrogen and oxygen atoms in total. The SMILES string of the molecule is CCc1ccc(CN2CCc3c(C(=O)NCC4CCN(C)C4)csc3C2)nc1. The lowest BCUT2D eigenvalue weighted by atomic mass is 10.0. The van der Waals surface area contributed by atoms with Gasteiger partial charge in [0.05, 0.1) is 11.3 Å². The van der Waals surface area contributed by atoms with Crippen molar-refractivity contribution in [1.29, 1.82) is 0 Å².